The highest BCUT2D eigenvalue weighted by atomic mass is 16.5. The second kappa shape index (κ2) is 4.76. The van der Waals surface area contributed by atoms with E-state index in [1.54, 1.807) is 18.6 Å². The Kier molecular flexibility index (Phi) is 3.64. The Morgan fingerprint density at radius 3 is 2.93 bits per heavy atom. The molecule has 5 nitrogen and oxygen atoms in total. The quantitative estimate of drug-likeness (QED) is 0.520. The maximum absolute atomic E-state index is 11.4. The first-order valence-corrected chi connectivity index (χ1v) is 4.45. The van der Waals surface area contributed by atoms with E-state index in [1.807, 2.05) is 30.3 Å². The normalized spacial score (nSPS) is 12.5. The second-order valence-corrected chi connectivity index (χ2v) is 3.20. The van der Waals surface area contributed by atoms with Gasteiger partial charge in [-0.15, -0.1) is 0 Å². The number of carbonyl (C=O) groups excluding carboxylic acids is 1. The highest BCUT2D eigenvalue weighted by molar-refractivity contribution is 5.75. The molecule has 1 aromatic heterocycles. The fraction of sp³-hybridized carbons (Fsp3) is 0.556. The summed E-state index contributed by atoms with van der Waals surface area (Å²) in [6.07, 6.45) is 5.33. The molecule has 1 unspecified atom stereocenters. The fourth-order valence-electron chi connectivity index (χ4n) is 1.09. The van der Waals surface area contributed by atoms with E-state index >= 15 is 0 Å². The number of methoxy groups -OCH3 is 1. The maximum Gasteiger partial charge on any atom is 0.264 e. The third kappa shape index (κ3) is 3.18. The zero-order chi connectivity index (χ0) is 10.6. The maximum atomic E-state index is 11.4. The summed E-state index contributed by atoms with van der Waals surface area (Å²) < 4.78 is 8.60. The summed E-state index contributed by atoms with van der Waals surface area (Å²) in [6, 6.07) is 0. The minimum absolute atomic E-state index is 0.0597. The number of aryl methyl sites for hydroxylation is 1. The highest BCUT2D eigenvalue weighted by Gasteiger charge is 2.09. The van der Waals surface area contributed by atoms with E-state index in [2.05, 4.69) is 5.32 Å². The predicted molar refractivity (Wildman–Crippen MR) is 50.2 cm³/mol. The van der Waals surface area contributed by atoms with Crippen LogP contribution in [0.15, 0.2) is 18.7 Å². The lowest BCUT2D eigenvalue weighted by Crippen LogP contribution is -2.36. The van der Waals surface area contributed by atoms with Gasteiger partial charge in [0.25, 0.3) is 5.91 Å². The van der Waals surface area contributed by atoms with Crippen LogP contribution in [0, 0.1) is 0 Å². The van der Waals surface area contributed by atoms with Gasteiger partial charge in [0.2, 0.25) is 6.33 Å². The first-order valence-electron chi connectivity index (χ1n) is 4.45. The van der Waals surface area contributed by atoms with Gasteiger partial charge < -0.3 is 10.1 Å². The first kappa shape index (κ1) is 10.7. The van der Waals surface area contributed by atoms with E-state index in [0.29, 0.717) is 6.54 Å². The van der Waals surface area contributed by atoms with Crippen molar-refractivity contribution in [2.75, 3.05) is 7.11 Å². The van der Waals surface area contributed by atoms with Crippen molar-refractivity contribution in [3.05, 3.63) is 18.7 Å². The molecule has 1 heterocycles. The first-order chi connectivity index (χ1) is 6.61. The third-order valence-corrected chi connectivity index (χ3v) is 1.87. The lowest BCUT2D eigenvalue weighted by atomic mass is 10.5. The van der Waals surface area contributed by atoms with Crippen molar-refractivity contribution in [1.82, 2.24) is 9.88 Å². The molecule has 1 atom stereocenters. The van der Waals surface area contributed by atoms with Gasteiger partial charge in [-0.3, -0.25) is 4.79 Å². The Morgan fingerprint density at radius 1 is 1.71 bits per heavy atom. The van der Waals surface area contributed by atoms with Gasteiger partial charge in [0.05, 0.1) is 7.05 Å². The van der Waals surface area contributed by atoms with Crippen molar-refractivity contribution in [1.29, 1.82) is 0 Å². The summed E-state index contributed by atoms with van der Waals surface area (Å²) in [5, 5.41) is 2.70. The molecule has 1 rings (SSSR count). The van der Waals surface area contributed by atoms with Crippen LogP contribution >= 0.6 is 0 Å². The van der Waals surface area contributed by atoms with Crippen molar-refractivity contribution < 1.29 is 14.1 Å². The van der Waals surface area contributed by atoms with Crippen LogP contribution in [-0.4, -0.2) is 23.8 Å². The van der Waals surface area contributed by atoms with Crippen LogP contribution in [0.1, 0.15) is 6.92 Å². The van der Waals surface area contributed by atoms with Crippen molar-refractivity contribution in [2.24, 2.45) is 7.05 Å². The van der Waals surface area contributed by atoms with Crippen LogP contribution in [-0.2, 0) is 23.1 Å². The SMILES string of the molecule is COC(C)NC(=O)Cn1cc[n+](C)c1. The summed E-state index contributed by atoms with van der Waals surface area (Å²) >= 11 is 0. The second-order valence-electron chi connectivity index (χ2n) is 3.20. The number of nitrogens with zero attached hydrogens (tertiary/aromatic N) is 2. The minimum atomic E-state index is -0.244. The molecule has 0 saturated carbocycles. The predicted octanol–water partition coefficient (Wildman–Crippen LogP) is -0.579. The van der Waals surface area contributed by atoms with Gasteiger partial charge in [0.1, 0.15) is 18.6 Å². The number of aromatic nitrogens is 2. The molecule has 0 bridgehead atoms. The van der Waals surface area contributed by atoms with Crippen LogP contribution < -0.4 is 9.88 Å². The molecule has 5 heteroatoms. The largest absolute Gasteiger partial charge is 0.362 e. The number of imidazole rings is 1. The molecular formula is C9H16N3O2+. The Labute approximate surface area is 83.3 Å². The molecular weight excluding hydrogens is 182 g/mol. The molecule has 0 fully saturated rings. The van der Waals surface area contributed by atoms with Gasteiger partial charge >= 0.3 is 0 Å². The summed E-state index contributed by atoms with van der Waals surface area (Å²) in [7, 11) is 3.47. The molecule has 0 aliphatic rings. The van der Waals surface area contributed by atoms with E-state index < -0.39 is 0 Å². The molecule has 1 aromatic rings. The summed E-state index contributed by atoms with van der Waals surface area (Å²) in [4.78, 5) is 11.4. The van der Waals surface area contributed by atoms with Gasteiger partial charge in [-0.1, -0.05) is 0 Å². The van der Waals surface area contributed by atoms with Crippen molar-refractivity contribution in [2.45, 2.75) is 19.7 Å². The monoisotopic (exact) mass is 198 g/mol. The number of hydrogen-bond donors (Lipinski definition) is 1. The number of hydrogen-bond acceptors (Lipinski definition) is 2. The molecule has 1 N–H and O–H groups in total. The van der Waals surface area contributed by atoms with Crippen LogP contribution in [0.2, 0.25) is 0 Å². The minimum Gasteiger partial charge on any atom is -0.362 e. The van der Waals surface area contributed by atoms with Crippen molar-refractivity contribution in [3.8, 4) is 0 Å². The molecule has 1 amide bonds. The Hall–Kier alpha value is -1.36. The Morgan fingerprint density at radius 2 is 2.43 bits per heavy atom. The lowest BCUT2D eigenvalue weighted by Gasteiger charge is -2.10. The molecule has 14 heavy (non-hydrogen) atoms. The smallest absolute Gasteiger partial charge is 0.264 e. The van der Waals surface area contributed by atoms with Gasteiger partial charge in [0.15, 0.2) is 6.54 Å². The third-order valence-electron chi connectivity index (χ3n) is 1.87. The van der Waals surface area contributed by atoms with E-state index in [9.17, 15) is 4.79 Å². The molecule has 78 valence electrons. The topological polar surface area (TPSA) is 47.1 Å². The van der Waals surface area contributed by atoms with Gasteiger partial charge in [0, 0.05) is 7.11 Å². The number of ether oxygens (including phenoxy) is 1. The lowest BCUT2D eigenvalue weighted by molar-refractivity contribution is -0.671. The van der Waals surface area contributed by atoms with Gasteiger partial charge in [-0.25, -0.2) is 9.13 Å². The van der Waals surface area contributed by atoms with E-state index in [-0.39, 0.29) is 12.1 Å². The Balaban J connectivity index is 2.41. The van der Waals surface area contributed by atoms with Gasteiger partial charge in [-0.05, 0) is 6.92 Å². The fourth-order valence-corrected chi connectivity index (χ4v) is 1.09. The van der Waals surface area contributed by atoms with Crippen LogP contribution in [0.4, 0.5) is 0 Å². The molecule has 0 aromatic carbocycles. The van der Waals surface area contributed by atoms with E-state index in [1.165, 1.54) is 0 Å². The molecule has 0 spiro atoms. The average Bonchev–Trinajstić information content (AvgIpc) is 2.50. The average molecular weight is 198 g/mol. The summed E-state index contributed by atoms with van der Waals surface area (Å²) in [6.45, 7) is 2.10. The van der Waals surface area contributed by atoms with E-state index in [4.69, 9.17) is 4.74 Å². The number of amides is 1. The van der Waals surface area contributed by atoms with Crippen LogP contribution in [0.25, 0.3) is 0 Å². The molecule has 0 aliphatic carbocycles. The molecule has 0 saturated heterocycles. The summed E-state index contributed by atoms with van der Waals surface area (Å²) in [5.74, 6) is -0.0597. The number of nitrogens with one attached hydrogen (secondary N) is 1. The van der Waals surface area contributed by atoms with E-state index in [0.717, 1.165) is 0 Å². The number of carbonyl (C=O) groups is 1. The molecule has 0 radical (unpaired) electrons. The Bertz CT molecular complexity index is 309. The summed E-state index contributed by atoms with van der Waals surface area (Å²) in [5.41, 5.74) is 0. The zero-order valence-electron chi connectivity index (χ0n) is 8.73. The zero-order valence-corrected chi connectivity index (χ0v) is 8.73. The standard InChI is InChI=1S/C9H15N3O2/c1-8(14-3)10-9(13)6-12-5-4-11(2)7-12/h4-5,7-8H,6H2,1-3H3/p+1. The van der Waals surface area contributed by atoms with Crippen LogP contribution in [0.5, 0.6) is 0 Å². The molecule has 0 aliphatic heterocycles. The van der Waals surface area contributed by atoms with Crippen LogP contribution in [0.3, 0.4) is 0 Å². The number of rotatable bonds is 4. The van der Waals surface area contributed by atoms with Crippen molar-refractivity contribution in [3.63, 3.8) is 0 Å². The van der Waals surface area contributed by atoms with Gasteiger partial charge in [-0.2, -0.15) is 0 Å². The highest BCUT2D eigenvalue weighted by Crippen LogP contribution is 1.86. The van der Waals surface area contributed by atoms with Crippen molar-refractivity contribution >= 4 is 5.91 Å².